The first-order chi connectivity index (χ1) is 24.4. The molecule has 0 saturated carbocycles. The van der Waals surface area contributed by atoms with E-state index >= 15 is 0 Å². The molecule has 1 aromatic rings. The zero-order chi connectivity index (χ0) is 39.7. The highest BCUT2D eigenvalue weighted by Gasteiger charge is 2.19. The van der Waals surface area contributed by atoms with E-state index in [1.807, 2.05) is 6.92 Å². The van der Waals surface area contributed by atoms with E-state index in [9.17, 15) is 13.0 Å². The molecule has 1 aromatic carbocycles. The molecule has 1 rings (SSSR count). The first-order valence-electron chi connectivity index (χ1n) is 19.2. The molecule has 292 valence electrons. The van der Waals surface area contributed by atoms with E-state index in [0.717, 1.165) is 49.7 Å². The Hall–Kier alpha value is -2.66. The van der Waals surface area contributed by atoms with Crippen LogP contribution in [-0.2, 0) is 23.0 Å². The van der Waals surface area contributed by atoms with Gasteiger partial charge in [-0.25, -0.2) is 0 Å². The van der Waals surface area contributed by atoms with Crippen molar-refractivity contribution in [3.63, 3.8) is 0 Å². The van der Waals surface area contributed by atoms with Gasteiger partial charge in [0.2, 0.25) is 0 Å². The number of halogens is 1. The second-order valence-electron chi connectivity index (χ2n) is 15.2. The van der Waals surface area contributed by atoms with Crippen LogP contribution in [0.4, 0.5) is 0 Å². The molecule has 0 saturated heterocycles. The average molecular weight is 754 g/mol. The first kappa shape index (κ1) is 49.3. The summed E-state index contributed by atoms with van der Waals surface area (Å²) < 4.78 is 33.9. The van der Waals surface area contributed by atoms with E-state index in [1.165, 1.54) is 76.3 Å². The Bertz CT molecular complexity index is 1580. The van der Waals surface area contributed by atoms with Gasteiger partial charge >= 0.3 is 0 Å². The average Bonchev–Trinajstić information content (AvgIpc) is 3.02. The molecule has 0 aliphatic rings. The Morgan fingerprint density at radius 1 is 0.519 bits per heavy atom. The fourth-order valence-electron chi connectivity index (χ4n) is 5.59. The highest BCUT2D eigenvalue weighted by Crippen LogP contribution is 2.26. The molecule has 5 heteroatoms. The van der Waals surface area contributed by atoms with Gasteiger partial charge < -0.3 is 0 Å². The van der Waals surface area contributed by atoms with Gasteiger partial charge in [-0.15, -0.1) is 11.6 Å². The maximum atomic E-state index is 12.1. The lowest BCUT2D eigenvalue weighted by molar-refractivity contribution is 0.482. The molecule has 3 nitrogen and oxygen atoms in total. The quantitative estimate of drug-likeness (QED) is 0.0773. The van der Waals surface area contributed by atoms with Crippen molar-refractivity contribution in [2.45, 2.75) is 165 Å². The van der Waals surface area contributed by atoms with Crippen LogP contribution in [0.15, 0.2) is 110 Å². The molecule has 0 radical (unpaired) electrons. The summed E-state index contributed by atoms with van der Waals surface area (Å²) >= 11 is 5.69. The lowest BCUT2D eigenvalue weighted by Gasteiger charge is -2.15. The Kier molecular flexibility index (Phi) is 26.4. The van der Waals surface area contributed by atoms with Gasteiger partial charge in [-0.3, -0.25) is 4.55 Å². The van der Waals surface area contributed by atoms with Crippen LogP contribution in [0.1, 0.15) is 157 Å². The fourth-order valence-corrected chi connectivity index (χ4v) is 6.61. The topological polar surface area (TPSA) is 54.4 Å². The van der Waals surface area contributed by atoms with Crippen molar-refractivity contribution in [3.05, 3.63) is 122 Å². The van der Waals surface area contributed by atoms with Crippen LogP contribution in [0.2, 0.25) is 0 Å². The van der Waals surface area contributed by atoms with Crippen molar-refractivity contribution < 1.29 is 13.0 Å². The smallest absolute Gasteiger partial charge is 0.282 e. The van der Waals surface area contributed by atoms with Crippen molar-refractivity contribution in [1.29, 1.82) is 0 Å². The highest BCUT2D eigenvalue weighted by molar-refractivity contribution is 7.85. The summed E-state index contributed by atoms with van der Waals surface area (Å²) in [6.07, 6.45) is 30.0. The van der Waals surface area contributed by atoms with Crippen LogP contribution < -0.4 is 0 Å². The minimum absolute atomic E-state index is 0.0250. The normalized spacial score (nSPS) is 13.0. The number of rotatable bonds is 21. The van der Waals surface area contributed by atoms with E-state index in [1.54, 1.807) is 6.07 Å². The third-order valence-electron chi connectivity index (χ3n) is 8.97. The molecule has 0 atom stereocenters. The molecule has 0 fully saturated rings. The van der Waals surface area contributed by atoms with Crippen LogP contribution in [0.25, 0.3) is 0 Å². The van der Waals surface area contributed by atoms with Crippen LogP contribution >= 0.6 is 11.6 Å². The van der Waals surface area contributed by atoms with Crippen LogP contribution in [-0.4, -0.2) is 18.9 Å². The third kappa shape index (κ3) is 25.3. The van der Waals surface area contributed by atoms with Gasteiger partial charge in [0.25, 0.3) is 10.1 Å². The molecular formula is C47H73ClO3S. The maximum Gasteiger partial charge on any atom is 0.294 e. The van der Waals surface area contributed by atoms with Crippen molar-refractivity contribution in [2.75, 3.05) is 5.88 Å². The summed E-state index contributed by atoms with van der Waals surface area (Å²) in [6.45, 7) is 25.6. The van der Waals surface area contributed by atoms with Crippen molar-refractivity contribution in [2.24, 2.45) is 0 Å². The lowest BCUT2D eigenvalue weighted by atomic mass is 9.94. The van der Waals surface area contributed by atoms with Gasteiger partial charge in [-0.2, -0.15) is 8.42 Å². The summed E-state index contributed by atoms with van der Waals surface area (Å²) in [6, 6.07) is 3.32. The second-order valence-corrected chi connectivity index (χ2v) is 16.9. The Morgan fingerprint density at radius 3 is 1.19 bits per heavy atom. The van der Waals surface area contributed by atoms with Gasteiger partial charge in [0.05, 0.1) is 4.90 Å². The molecule has 0 amide bonds. The fraction of sp³-hybridized carbons (Fsp3) is 0.532. The minimum atomic E-state index is -4.28. The summed E-state index contributed by atoms with van der Waals surface area (Å²) in [5.41, 5.74) is 13.7. The molecule has 0 unspecified atom stereocenters. The van der Waals surface area contributed by atoms with Gasteiger partial charge in [-0.05, 0) is 183 Å². The summed E-state index contributed by atoms with van der Waals surface area (Å²) in [7, 11) is -4.28. The van der Waals surface area contributed by atoms with Gasteiger partial charge in [-0.1, -0.05) is 99.3 Å². The molecule has 0 spiro atoms. The largest absolute Gasteiger partial charge is 0.294 e. The molecule has 0 aromatic heterocycles. The molecule has 1 N–H and O–H groups in total. The molecule has 0 bridgehead atoms. The van der Waals surface area contributed by atoms with Crippen molar-refractivity contribution in [3.8, 4) is 0 Å². The predicted molar refractivity (Wildman–Crippen MR) is 232 cm³/mol. The standard InChI is InChI=1S/C27H40O3S.C20H33Cl/c1-20(2)10-8-12-22(5)14-17-25-24(7)16-19-27(31(28,29)30)26(25)18-15-23(6)13-9-11-21(3)4;1-17(2)9-6-10-18(3)11-7-12-19(4)13-8-14-20(5)15-16-21/h10-11,14-16,19H,8-9,12-13,17-18H2,1-7H3,(H,28,29,30);9,11,13,15H,6-8,10,12,14,16H2,1-5H3/b22-14-,23-15+;18-11+,19-13-,20-15+. The Morgan fingerprint density at radius 2 is 0.846 bits per heavy atom. The minimum Gasteiger partial charge on any atom is -0.282 e. The Balaban J connectivity index is 0.00000108. The van der Waals surface area contributed by atoms with Gasteiger partial charge in [0, 0.05) is 5.88 Å². The number of hydrogen-bond acceptors (Lipinski definition) is 2. The SMILES string of the molecule is CC(C)=CCC/C(C)=C/CC/C(C)=C\CC/C(C)=C/CCl.CC(C)=CCC/C(C)=C\Cc1c(C)ccc(S(=O)(=O)O)c1C/C=C(\C)CCC=C(C)C. The van der Waals surface area contributed by atoms with Crippen LogP contribution in [0.5, 0.6) is 0 Å². The van der Waals surface area contributed by atoms with E-state index in [-0.39, 0.29) is 4.90 Å². The number of hydrogen-bond donors (Lipinski definition) is 1. The molecular weight excluding hydrogens is 680 g/mol. The van der Waals surface area contributed by atoms with Gasteiger partial charge in [0.1, 0.15) is 0 Å². The monoisotopic (exact) mass is 752 g/mol. The predicted octanol–water partition coefficient (Wildman–Crippen LogP) is 15.1. The molecule has 0 heterocycles. The molecule has 52 heavy (non-hydrogen) atoms. The van der Waals surface area contributed by atoms with Crippen molar-refractivity contribution in [1.82, 2.24) is 0 Å². The summed E-state index contributed by atoms with van der Waals surface area (Å²) in [4.78, 5) is 0.0250. The maximum absolute atomic E-state index is 12.1. The van der Waals surface area contributed by atoms with E-state index in [2.05, 4.69) is 125 Å². The number of alkyl halides is 1. The number of benzene rings is 1. The first-order valence-corrected chi connectivity index (χ1v) is 21.2. The lowest BCUT2D eigenvalue weighted by Crippen LogP contribution is -2.08. The Labute approximate surface area is 326 Å². The summed E-state index contributed by atoms with van der Waals surface area (Å²) in [5.74, 6) is 0.630. The summed E-state index contributed by atoms with van der Waals surface area (Å²) in [5, 5.41) is 0. The second kappa shape index (κ2) is 27.9. The van der Waals surface area contributed by atoms with E-state index < -0.39 is 10.1 Å². The van der Waals surface area contributed by atoms with Crippen LogP contribution in [0, 0.1) is 6.92 Å². The molecule has 0 aliphatic heterocycles. The zero-order valence-electron chi connectivity index (χ0n) is 35.0. The number of allylic oxidation sites excluding steroid dienone is 16. The zero-order valence-corrected chi connectivity index (χ0v) is 36.6. The third-order valence-corrected chi connectivity index (χ3v) is 10.1. The molecule has 0 aliphatic carbocycles. The highest BCUT2D eigenvalue weighted by atomic mass is 35.5. The van der Waals surface area contributed by atoms with E-state index in [4.69, 9.17) is 11.6 Å². The van der Waals surface area contributed by atoms with Gasteiger partial charge in [0.15, 0.2) is 0 Å². The number of aryl methyl sites for hydroxylation is 1. The van der Waals surface area contributed by atoms with E-state index in [0.29, 0.717) is 24.3 Å². The van der Waals surface area contributed by atoms with Crippen LogP contribution in [0.3, 0.4) is 0 Å². The van der Waals surface area contributed by atoms with Crippen molar-refractivity contribution >= 4 is 21.7 Å².